The highest BCUT2D eigenvalue weighted by molar-refractivity contribution is 5.83. The summed E-state index contributed by atoms with van der Waals surface area (Å²) in [6.45, 7) is 3.56. The maximum Gasteiger partial charge on any atom is 0.213 e. The molecular weight excluding hydrogens is 231 g/mol. The zero-order valence-corrected chi connectivity index (χ0v) is 9.98. The lowest BCUT2D eigenvalue weighted by atomic mass is 10.0. The fourth-order valence-corrected chi connectivity index (χ4v) is 1.76. The minimum atomic E-state index is -0.382. The van der Waals surface area contributed by atoms with Crippen molar-refractivity contribution in [2.75, 3.05) is 12.8 Å². The fourth-order valence-electron chi connectivity index (χ4n) is 1.76. The van der Waals surface area contributed by atoms with Crippen LogP contribution in [0.5, 0.6) is 5.88 Å². The van der Waals surface area contributed by atoms with Gasteiger partial charge in [-0.2, -0.15) is 0 Å². The number of methoxy groups -OCH3 is 1. The van der Waals surface area contributed by atoms with E-state index in [2.05, 4.69) is 11.6 Å². The number of hydrogen-bond donors (Lipinski definition) is 1. The molecule has 0 atom stereocenters. The molecule has 0 radical (unpaired) electrons. The topological polar surface area (TPSA) is 48.1 Å². The molecule has 0 spiro atoms. The lowest BCUT2D eigenvalue weighted by Gasteiger charge is -2.10. The van der Waals surface area contributed by atoms with Gasteiger partial charge in [-0.3, -0.25) is 0 Å². The normalized spacial score (nSPS) is 10.1. The first-order chi connectivity index (χ1) is 8.67. The maximum absolute atomic E-state index is 13.5. The second kappa shape index (κ2) is 4.87. The van der Waals surface area contributed by atoms with Gasteiger partial charge in [-0.05, 0) is 23.8 Å². The number of anilines is 1. The van der Waals surface area contributed by atoms with Crippen molar-refractivity contribution >= 4 is 11.8 Å². The number of hydrogen-bond acceptors (Lipinski definition) is 3. The Morgan fingerprint density at radius 1 is 1.39 bits per heavy atom. The van der Waals surface area contributed by atoms with Crippen LogP contribution in [-0.2, 0) is 0 Å². The number of nitrogen functional groups attached to an aromatic ring is 1. The summed E-state index contributed by atoms with van der Waals surface area (Å²) in [7, 11) is 1.54. The third-order valence-electron chi connectivity index (χ3n) is 2.69. The van der Waals surface area contributed by atoms with Crippen LogP contribution < -0.4 is 10.5 Å². The Morgan fingerprint density at radius 3 is 2.83 bits per heavy atom. The molecule has 92 valence electrons. The smallest absolute Gasteiger partial charge is 0.213 e. The first-order valence-corrected chi connectivity index (χ1v) is 5.38. The van der Waals surface area contributed by atoms with Crippen LogP contribution in [0.1, 0.15) is 5.56 Å². The Hall–Kier alpha value is -2.36. The number of rotatable bonds is 3. The molecule has 3 nitrogen and oxygen atoms in total. The molecule has 0 saturated carbocycles. The van der Waals surface area contributed by atoms with Gasteiger partial charge in [0, 0.05) is 29.1 Å². The summed E-state index contributed by atoms with van der Waals surface area (Å²) in [4.78, 5) is 4.02. The van der Waals surface area contributed by atoms with Crippen LogP contribution >= 0.6 is 0 Å². The van der Waals surface area contributed by atoms with Gasteiger partial charge in [-0.1, -0.05) is 12.7 Å². The summed E-state index contributed by atoms with van der Waals surface area (Å²) in [5, 5.41) is 0. The van der Waals surface area contributed by atoms with Crippen molar-refractivity contribution in [2.45, 2.75) is 0 Å². The molecule has 18 heavy (non-hydrogen) atoms. The van der Waals surface area contributed by atoms with E-state index in [0.717, 1.165) is 11.1 Å². The Kier molecular flexibility index (Phi) is 3.28. The lowest BCUT2D eigenvalue weighted by Crippen LogP contribution is -1.97. The van der Waals surface area contributed by atoms with Crippen LogP contribution in [0.25, 0.3) is 17.2 Å². The molecule has 2 N–H and O–H groups in total. The molecule has 0 saturated heterocycles. The number of nitrogens with zero attached hydrogens (tertiary/aromatic N) is 1. The Morgan fingerprint density at radius 2 is 2.17 bits per heavy atom. The summed E-state index contributed by atoms with van der Waals surface area (Å²) in [5.74, 6) is 0.101. The van der Waals surface area contributed by atoms with Gasteiger partial charge in [0.05, 0.1) is 7.11 Å². The largest absolute Gasteiger partial charge is 0.481 e. The number of pyridine rings is 1. The highest BCUT2D eigenvalue weighted by Gasteiger charge is 2.10. The molecule has 0 bridgehead atoms. The van der Waals surface area contributed by atoms with Crippen LogP contribution in [-0.4, -0.2) is 12.1 Å². The van der Waals surface area contributed by atoms with Gasteiger partial charge in [0.1, 0.15) is 5.82 Å². The first-order valence-electron chi connectivity index (χ1n) is 5.38. The quantitative estimate of drug-likeness (QED) is 0.844. The summed E-state index contributed by atoms with van der Waals surface area (Å²) in [6.07, 6.45) is 3.02. The van der Waals surface area contributed by atoms with Gasteiger partial charge in [-0.25, -0.2) is 9.37 Å². The van der Waals surface area contributed by atoms with Gasteiger partial charge < -0.3 is 10.5 Å². The SMILES string of the molecule is C=Cc1c(F)ccc(-c2ccnc(OC)c2)c1N. The van der Waals surface area contributed by atoms with Gasteiger partial charge in [-0.15, -0.1) is 0 Å². The third kappa shape index (κ3) is 2.05. The molecule has 2 aromatic rings. The average molecular weight is 244 g/mol. The van der Waals surface area contributed by atoms with Gasteiger partial charge in [0.15, 0.2) is 0 Å². The van der Waals surface area contributed by atoms with E-state index in [1.165, 1.54) is 19.3 Å². The van der Waals surface area contributed by atoms with E-state index in [1.807, 2.05) is 0 Å². The average Bonchev–Trinajstić information content (AvgIpc) is 2.39. The second-order valence-electron chi connectivity index (χ2n) is 3.71. The molecular formula is C14H13FN2O. The van der Waals surface area contributed by atoms with E-state index >= 15 is 0 Å². The molecule has 0 unspecified atom stereocenters. The molecule has 2 rings (SSSR count). The van der Waals surface area contributed by atoms with Gasteiger partial charge in [0.2, 0.25) is 5.88 Å². The van der Waals surface area contributed by atoms with Crippen molar-refractivity contribution in [1.82, 2.24) is 4.98 Å². The minimum Gasteiger partial charge on any atom is -0.481 e. The predicted molar refractivity (Wildman–Crippen MR) is 70.7 cm³/mol. The number of ether oxygens (including phenoxy) is 1. The second-order valence-corrected chi connectivity index (χ2v) is 3.71. The Balaban J connectivity index is 2.60. The standard InChI is InChI=1S/C14H13FN2O/c1-3-10-12(15)5-4-11(14(10)16)9-6-7-17-13(8-9)18-2/h3-8H,1,16H2,2H3. The summed E-state index contributed by atoms with van der Waals surface area (Å²) in [5.41, 5.74) is 8.16. The summed E-state index contributed by atoms with van der Waals surface area (Å²) < 4.78 is 18.6. The van der Waals surface area contributed by atoms with Crippen molar-refractivity contribution in [3.8, 4) is 17.0 Å². The molecule has 1 heterocycles. The van der Waals surface area contributed by atoms with Crippen molar-refractivity contribution in [1.29, 1.82) is 0 Å². The number of benzene rings is 1. The van der Waals surface area contributed by atoms with Crippen LogP contribution in [0.15, 0.2) is 37.0 Å². The van der Waals surface area contributed by atoms with Gasteiger partial charge in [0.25, 0.3) is 0 Å². The molecule has 0 amide bonds. The Labute approximate surface area is 105 Å². The minimum absolute atomic E-state index is 0.309. The molecule has 0 aliphatic rings. The van der Waals surface area contributed by atoms with Crippen molar-refractivity contribution in [3.63, 3.8) is 0 Å². The third-order valence-corrected chi connectivity index (χ3v) is 2.69. The lowest BCUT2D eigenvalue weighted by molar-refractivity contribution is 0.398. The van der Waals surface area contributed by atoms with Crippen LogP contribution in [0, 0.1) is 5.82 Å². The number of aromatic nitrogens is 1. The van der Waals surface area contributed by atoms with E-state index in [4.69, 9.17) is 10.5 Å². The van der Waals surface area contributed by atoms with Crippen LogP contribution in [0.2, 0.25) is 0 Å². The van der Waals surface area contributed by atoms with Gasteiger partial charge >= 0.3 is 0 Å². The molecule has 1 aromatic heterocycles. The van der Waals surface area contributed by atoms with E-state index < -0.39 is 0 Å². The number of nitrogens with two attached hydrogens (primary N) is 1. The van der Waals surface area contributed by atoms with E-state index in [9.17, 15) is 4.39 Å². The zero-order chi connectivity index (χ0) is 13.1. The van der Waals surface area contributed by atoms with E-state index in [1.54, 1.807) is 24.4 Å². The van der Waals surface area contributed by atoms with E-state index in [-0.39, 0.29) is 5.82 Å². The maximum atomic E-state index is 13.5. The molecule has 0 aliphatic carbocycles. The summed E-state index contributed by atoms with van der Waals surface area (Å²) in [6, 6.07) is 6.54. The molecule has 0 fully saturated rings. The molecule has 0 aliphatic heterocycles. The molecule has 1 aromatic carbocycles. The van der Waals surface area contributed by atoms with Crippen molar-refractivity contribution < 1.29 is 9.13 Å². The predicted octanol–water partition coefficient (Wildman–Crippen LogP) is 3.12. The highest BCUT2D eigenvalue weighted by atomic mass is 19.1. The van der Waals surface area contributed by atoms with E-state index in [0.29, 0.717) is 17.1 Å². The Bertz CT molecular complexity index is 596. The van der Waals surface area contributed by atoms with Crippen molar-refractivity contribution in [2.24, 2.45) is 0 Å². The van der Waals surface area contributed by atoms with Crippen LogP contribution in [0.3, 0.4) is 0 Å². The van der Waals surface area contributed by atoms with Crippen molar-refractivity contribution in [3.05, 3.63) is 48.4 Å². The first kappa shape index (κ1) is 12.1. The summed E-state index contributed by atoms with van der Waals surface area (Å²) >= 11 is 0. The highest BCUT2D eigenvalue weighted by Crippen LogP contribution is 2.31. The fraction of sp³-hybridized carbons (Fsp3) is 0.0714. The molecule has 4 heteroatoms. The zero-order valence-electron chi connectivity index (χ0n) is 9.98. The number of halogens is 1. The van der Waals surface area contributed by atoms with Crippen LogP contribution in [0.4, 0.5) is 10.1 Å². The monoisotopic (exact) mass is 244 g/mol.